The number of aromatic nitrogens is 2. The number of amides is 1. The first-order chi connectivity index (χ1) is 12.5. The van der Waals surface area contributed by atoms with Crippen LogP contribution in [0.15, 0.2) is 23.4 Å². The Kier molecular flexibility index (Phi) is 6.48. The maximum Gasteiger partial charge on any atom is 0.235 e. The predicted octanol–water partition coefficient (Wildman–Crippen LogP) is 4.08. The third kappa shape index (κ3) is 4.35. The van der Waals surface area contributed by atoms with Crippen LogP contribution in [-0.4, -0.2) is 52.4 Å². The van der Waals surface area contributed by atoms with Gasteiger partial charge < -0.3 is 14.2 Å². The van der Waals surface area contributed by atoms with Crippen molar-refractivity contribution >= 4 is 40.3 Å². The quantitative estimate of drug-likeness (QED) is 0.691. The molecule has 7 heteroatoms. The summed E-state index contributed by atoms with van der Waals surface area (Å²) in [5, 5.41) is 1.33. The van der Waals surface area contributed by atoms with Gasteiger partial charge in [0.05, 0.1) is 22.9 Å². The zero-order chi connectivity index (χ0) is 18.7. The van der Waals surface area contributed by atoms with E-state index in [0.29, 0.717) is 24.1 Å². The molecule has 1 aliphatic heterocycles. The Bertz CT molecular complexity index is 771. The summed E-state index contributed by atoms with van der Waals surface area (Å²) in [6, 6.07) is 5.71. The van der Waals surface area contributed by atoms with Crippen LogP contribution in [0.2, 0.25) is 5.02 Å². The second kappa shape index (κ2) is 8.63. The molecule has 1 aliphatic rings. The largest absolute Gasteiger partial charge is 0.383 e. The number of methoxy groups -OCH3 is 1. The number of likely N-dealkylation sites (tertiary alicyclic amines) is 1. The summed E-state index contributed by atoms with van der Waals surface area (Å²) in [4.78, 5) is 19.5. The highest BCUT2D eigenvalue weighted by atomic mass is 35.5. The van der Waals surface area contributed by atoms with E-state index in [2.05, 4.69) is 11.5 Å². The summed E-state index contributed by atoms with van der Waals surface area (Å²) in [5.74, 6) is 0.912. The number of hydrogen-bond donors (Lipinski definition) is 0. The number of thioether (sulfide) groups is 1. The lowest BCUT2D eigenvalue weighted by molar-refractivity contribution is -0.131. The molecule has 5 nitrogen and oxygen atoms in total. The Morgan fingerprint density at radius 1 is 1.42 bits per heavy atom. The Morgan fingerprint density at radius 2 is 2.15 bits per heavy atom. The van der Waals surface area contributed by atoms with Gasteiger partial charge in [-0.25, -0.2) is 4.98 Å². The third-order valence-electron chi connectivity index (χ3n) is 4.92. The van der Waals surface area contributed by atoms with Crippen LogP contribution in [0.25, 0.3) is 11.0 Å². The van der Waals surface area contributed by atoms with Gasteiger partial charge in [-0.3, -0.25) is 4.79 Å². The summed E-state index contributed by atoms with van der Waals surface area (Å²) < 4.78 is 7.35. The molecule has 0 spiro atoms. The smallest absolute Gasteiger partial charge is 0.235 e. The summed E-state index contributed by atoms with van der Waals surface area (Å²) in [6.45, 7) is 7.23. The number of benzene rings is 1. The first-order valence-corrected chi connectivity index (χ1v) is 10.4. The average molecular weight is 396 g/mol. The Balaban J connectivity index is 1.79. The van der Waals surface area contributed by atoms with E-state index in [-0.39, 0.29) is 11.2 Å². The normalized spacial score (nSPS) is 17.0. The van der Waals surface area contributed by atoms with Crippen LogP contribution in [0.3, 0.4) is 0 Å². The molecule has 0 bridgehead atoms. The van der Waals surface area contributed by atoms with Crippen LogP contribution in [0, 0.1) is 5.92 Å². The minimum absolute atomic E-state index is 0.169. The molecular weight excluding hydrogens is 370 g/mol. The molecule has 1 atom stereocenters. The standard InChI is InChI=1S/C19H26ClN3O2S/c1-13-6-8-22(9-7-13)18(24)14(2)26-19-21-16-12-15(20)4-5-17(16)23(19)10-11-25-3/h4-5,12-14H,6-11H2,1-3H3. The van der Waals surface area contributed by atoms with Crippen molar-refractivity contribution in [2.24, 2.45) is 5.92 Å². The maximum absolute atomic E-state index is 12.8. The molecule has 26 heavy (non-hydrogen) atoms. The van der Waals surface area contributed by atoms with E-state index in [4.69, 9.17) is 21.3 Å². The molecule has 0 aliphatic carbocycles. The first-order valence-electron chi connectivity index (χ1n) is 9.09. The second-order valence-corrected chi connectivity index (χ2v) is 8.68. The summed E-state index contributed by atoms with van der Waals surface area (Å²) in [7, 11) is 1.69. The molecule has 1 saturated heterocycles. The van der Waals surface area contributed by atoms with E-state index in [1.807, 2.05) is 30.0 Å². The fraction of sp³-hybridized carbons (Fsp3) is 0.579. The van der Waals surface area contributed by atoms with E-state index in [1.54, 1.807) is 7.11 Å². The molecule has 0 saturated carbocycles. The number of fused-ring (bicyclic) bond motifs is 1. The fourth-order valence-electron chi connectivity index (χ4n) is 3.26. The average Bonchev–Trinajstić information content (AvgIpc) is 2.95. The molecule has 2 aromatic rings. The SMILES string of the molecule is COCCn1c(SC(C)C(=O)N2CCC(C)CC2)nc2cc(Cl)ccc21. The van der Waals surface area contributed by atoms with Gasteiger partial charge in [0.2, 0.25) is 5.91 Å². The molecular formula is C19H26ClN3O2S. The van der Waals surface area contributed by atoms with Crippen molar-refractivity contribution in [2.75, 3.05) is 26.8 Å². The number of piperidine rings is 1. The van der Waals surface area contributed by atoms with Gasteiger partial charge in [0.15, 0.2) is 5.16 Å². The van der Waals surface area contributed by atoms with E-state index in [1.165, 1.54) is 11.8 Å². The molecule has 3 rings (SSSR count). The van der Waals surface area contributed by atoms with Gasteiger partial charge in [0.25, 0.3) is 0 Å². The Labute approximate surface area is 164 Å². The zero-order valence-electron chi connectivity index (χ0n) is 15.6. The van der Waals surface area contributed by atoms with Gasteiger partial charge >= 0.3 is 0 Å². The van der Waals surface area contributed by atoms with Crippen molar-refractivity contribution in [1.82, 2.24) is 14.5 Å². The van der Waals surface area contributed by atoms with E-state index < -0.39 is 0 Å². The zero-order valence-corrected chi connectivity index (χ0v) is 17.1. The molecule has 0 radical (unpaired) electrons. The lowest BCUT2D eigenvalue weighted by Gasteiger charge is -2.32. The molecule has 1 aromatic carbocycles. The van der Waals surface area contributed by atoms with E-state index >= 15 is 0 Å². The highest BCUT2D eigenvalue weighted by molar-refractivity contribution is 8.00. The topological polar surface area (TPSA) is 47.4 Å². The lowest BCUT2D eigenvalue weighted by Crippen LogP contribution is -2.41. The molecule has 1 fully saturated rings. The number of nitrogens with zero attached hydrogens (tertiary/aromatic N) is 3. The molecule has 1 aromatic heterocycles. The van der Waals surface area contributed by atoms with Gasteiger partial charge in [0, 0.05) is 31.8 Å². The van der Waals surface area contributed by atoms with Gasteiger partial charge in [-0.05, 0) is 43.9 Å². The van der Waals surface area contributed by atoms with Crippen LogP contribution in [0.1, 0.15) is 26.7 Å². The fourth-order valence-corrected chi connectivity index (χ4v) is 4.46. The third-order valence-corrected chi connectivity index (χ3v) is 6.23. The predicted molar refractivity (Wildman–Crippen MR) is 107 cm³/mol. The minimum Gasteiger partial charge on any atom is -0.383 e. The van der Waals surface area contributed by atoms with Crippen molar-refractivity contribution in [1.29, 1.82) is 0 Å². The number of halogens is 1. The first kappa shape index (κ1) is 19.5. The minimum atomic E-state index is -0.169. The number of carbonyl (C=O) groups is 1. The van der Waals surface area contributed by atoms with Gasteiger partial charge in [-0.15, -0.1) is 0 Å². The van der Waals surface area contributed by atoms with Crippen molar-refractivity contribution in [3.05, 3.63) is 23.2 Å². The number of ether oxygens (including phenoxy) is 1. The Morgan fingerprint density at radius 3 is 2.85 bits per heavy atom. The highest BCUT2D eigenvalue weighted by Crippen LogP contribution is 2.30. The number of hydrogen-bond acceptors (Lipinski definition) is 4. The monoisotopic (exact) mass is 395 g/mol. The maximum atomic E-state index is 12.8. The van der Waals surface area contributed by atoms with Crippen LogP contribution in [-0.2, 0) is 16.1 Å². The molecule has 142 valence electrons. The molecule has 1 amide bonds. The number of imidazole rings is 1. The van der Waals surface area contributed by atoms with Gasteiger partial charge in [-0.1, -0.05) is 30.3 Å². The molecule has 0 N–H and O–H groups in total. The lowest BCUT2D eigenvalue weighted by atomic mass is 9.99. The highest BCUT2D eigenvalue weighted by Gasteiger charge is 2.26. The second-order valence-electron chi connectivity index (χ2n) is 6.94. The van der Waals surface area contributed by atoms with Crippen LogP contribution >= 0.6 is 23.4 Å². The summed E-state index contributed by atoms with van der Waals surface area (Å²) in [6.07, 6.45) is 2.18. The van der Waals surface area contributed by atoms with Crippen LogP contribution < -0.4 is 0 Å². The molecule has 2 heterocycles. The van der Waals surface area contributed by atoms with Gasteiger partial charge in [0.1, 0.15) is 0 Å². The summed E-state index contributed by atoms with van der Waals surface area (Å²) >= 11 is 7.63. The Hall–Kier alpha value is -1.24. The summed E-state index contributed by atoms with van der Waals surface area (Å²) in [5.41, 5.74) is 1.86. The van der Waals surface area contributed by atoms with Crippen molar-refractivity contribution in [3.8, 4) is 0 Å². The van der Waals surface area contributed by atoms with Crippen molar-refractivity contribution in [3.63, 3.8) is 0 Å². The van der Waals surface area contributed by atoms with E-state index in [0.717, 1.165) is 42.1 Å². The number of carbonyl (C=O) groups excluding carboxylic acids is 1. The van der Waals surface area contributed by atoms with Crippen LogP contribution in [0.4, 0.5) is 0 Å². The van der Waals surface area contributed by atoms with Crippen LogP contribution in [0.5, 0.6) is 0 Å². The van der Waals surface area contributed by atoms with Crippen molar-refractivity contribution in [2.45, 2.75) is 43.6 Å². The number of rotatable bonds is 6. The van der Waals surface area contributed by atoms with Crippen molar-refractivity contribution < 1.29 is 9.53 Å². The van der Waals surface area contributed by atoms with Gasteiger partial charge in [-0.2, -0.15) is 0 Å². The van der Waals surface area contributed by atoms with E-state index in [9.17, 15) is 4.79 Å². The molecule has 1 unspecified atom stereocenters.